The Balaban J connectivity index is 1.63. The number of hydrogen-bond acceptors (Lipinski definition) is 3. The van der Waals surface area contributed by atoms with Gasteiger partial charge in [-0.2, -0.15) is 5.10 Å². The predicted molar refractivity (Wildman–Crippen MR) is 85.2 cm³/mol. The average Bonchev–Trinajstić information content (AvgIpc) is 3.00. The van der Waals surface area contributed by atoms with Crippen molar-refractivity contribution >= 4 is 27.5 Å². The summed E-state index contributed by atoms with van der Waals surface area (Å²) in [4.78, 5) is 4.39. The molecule has 0 saturated heterocycles. The van der Waals surface area contributed by atoms with Crippen LogP contribution in [0.3, 0.4) is 0 Å². The van der Waals surface area contributed by atoms with Crippen molar-refractivity contribution in [2.45, 2.75) is 6.54 Å². The number of benzene rings is 2. The maximum Gasteiger partial charge on any atom is 0.0705 e. The lowest BCUT2D eigenvalue weighted by Crippen LogP contribution is -2.00. The molecule has 4 aromatic rings. The highest BCUT2D eigenvalue weighted by Crippen LogP contribution is 2.20. The van der Waals surface area contributed by atoms with Gasteiger partial charge in [-0.15, -0.1) is 0 Å². The third kappa shape index (κ3) is 2.21. The molecule has 0 atom stereocenters. The van der Waals surface area contributed by atoms with E-state index in [9.17, 15) is 0 Å². The van der Waals surface area contributed by atoms with E-state index in [0.717, 1.165) is 28.7 Å². The lowest BCUT2D eigenvalue weighted by atomic mass is 10.1. The lowest BCUT2D eigenvalue weighted by Gasteiger charge is -2.09. The molecular formula is C17H14N4. The Morgan fingerprint density at radius 3 is 3.00 bits per heavy atom. The predicted octanol–water partition coefficient (Wildman–Crippen LogP) is 3.72. The monoisotopic (exact) mass is 274 g/mol. The first-order valence-electron chi connectivity index (χ1n) is 6.90. The third-order valence-electron chi connectivity index (χ3n) is 3.66. The molecule has 0 amide bonds. The highest BCUT2D eigenvalue weighted by molar-refractivity contribution is 5.83. The van der Waals surface area contributed by atoms with Crippen molar-refractivity contribution in [2.75, 3.05) is 5.32 Å². The third-order valence-corrected chi connectivity index (χ3v) is 3.66. The van der Waals surface area contributed by atoms with E-state index < -0.39 is 0 Å². The number of H-pyrrole nitrogens is 1. The summed E-state index contributed by atoms with van der Waals surface area (Å²) >= 11 is 0. The zero-order valence-corrected chi connectivity index (χ0v) is 11.4. The normalized spacial score (nSPS) is 11.0. The van der Waals surface area contributed by atoms with Crippen LogP contribution in [0.25, 0.3) is 21.8 Å². The largest absolute Gasteiger partial charge is 0.381 e. The summed E-state index contributed by atoms with van der Waals surface area (Å²) < 4.78 is 0. The van der Waals surface area contributed by atoms with Crippen molar-refractivity contribution in [1.82, 2.24) is 15.2 Å². The Labute approximate surface area is 121 Å². The number of pyridine rings is 1. The molecule has 4 nitrogen and oxygen atoms in total. The first-order valence-corrected chi connectivity index (χ1v) is 6.90. The van der Waals surface area contributed by atoms with Crippen LogP contribution in [0.2, 0.25) is 0 Å². The second-order valence-electron chi connectivity index (χ2n) is 5.01. The summed E-state index contributed by atoms with van der Waals surface area (Å²) in [5.41, 5.74) is 4.41. The van der Waals surface area contributed by atoms with Gasteiger partial charge in [0.2, 0.25) is 0 Å². The SMILES string of the molecule is c1ccc2c(CNc3ccc4[nH]ncc4c3)ccnc2c1. The van der Waals surface area contributed by atoms with Crippen molar-refractivity contribution in [2.24, 2.45) is 0 Å². The Morgan fingerprint density at radius 2 is 2.00 bits per heavy atom. The summed E-state index contributed by atoms with van der Waals surface area (Å²) in [6.07, 6.45) is 3.70. The van der Waals surface area contributed by atoms with E-state index in [2.05, 4.69) is 44.8 Å². The van der Waals surface area contributed by atoms with Crippen LogP contribution in [0.1, 0.15) is 5.56 Å². The molecule has 0 bridgehead atoms. The van der Waals surface area contributed by atoms with Gasteiger partial charge in [-0.25, -0.2) is 0 Å². The number of anilines is 1. The highest BCUT2D eigenvalue weighted by atomic mass is 15.1. The van der Waals surface area contributed by atoms with Gasteiger partial charge in [0.25, 0.3) is 0 Å². The molecule has 4 heteroatoms. The fraction of sp³-hybridized carbons (Fsp3) is 0.0588. The molecule has 2 aromatic heterocycles. The maximum atomic E-state index is 4.39. The van der Waals surface area contributed by atoms with Crippen molar-refractivity contribution < 1.29 is 0 Å². The standard InChI is InChI=1S/C17H14N4/c1-2-4-17-15(3-1)12(7-8-18-17)10-19-14-5-6-16-13(9-14)11-20-21-16/h1-9,11,19H,10H2,(H,20,21). The second-order valence-corrected chi connectivity index (χ2v) is 5.01. The molecule has 4 rings (SSSR count). The van der Waals surface area contributed by atoms with E-state index in [4.69, 9.17) is 0 Å². The zero-order chi connectivity index (χ0) is 14.1. The van der Waals surface area contributed by atoms with Gasteiger partial charge >= 0.3 is 0 Å². The molecule has 2 heterocycles. The van der Waals surface area contributed by atoms with Crippen molar-refractivity contribution in [3.8, 4) is 0 Å². The number of aromatic amines is 1. The lowest BCUT2D eigenvalue weighted by molar-refractivity contribution is 1.12. The average molecular weight is 274 g/mol. The zero-order valence-electron chi connectivity index (χ0n) is 11.4. The second kappa shape index (κ2) is 4.90. The fourth-order valence-electron chi connectivity index (χ4n) is 2.56. The van der Waals surface area contributed by atoms with Gasteiger partial charge in [0.05, 0.1) is 17.2 Å². The summed E-state index contributed by atoms with van der Waals surface area (Å²) in [5, 5.41) is 12.8. The molecule has 2 N–H and O–H groups in total. The van der Waals surface area contributed by atoms with Crippen LogP contribution in [-0.4, -0.2) is 15.2 Å². The van der Waals surface area contributed by atoms with Gasteiger partial charge in [0, 0.05) is 29.2 Å². The molecule has 0 aliphatic heterocycles. The number of para-hydroxylation sites is 1. The summed E-state index contributed by atoms with van der Waals surface area (Å²) in [5.74, 6) is 0. The van der Waals surface area contributed by atoms with E-state index in [0.29, 0.717) is 0 Å². The Bertz CT molecular complexity index is 905. The van der Waals surface area contributed by atoms with Crippen molar-refractivity contribution in [3.05, 3.63) is 66.5 Å². The van der Waals surface area contributed by atoms with E-state index in [-0.39, 0.29) is 0 Å². The molecule has 0 aliphatic rings. The van der Waals surface area contributed by atoms with Crippen LogP contribution in [0.15, 0.2) is 60.9 Å². The van der Waals surface area contributed by atoms with E-state index in [1.54, 1.807) is 0 Å². The molecule has 102 valence electrons. The van der Waals surface area contributed by atoms with E-state index >= 15 is 0 Å². The summed E-state index contributed by atoms with van der Waals surface area (Å²) in [6.45, 7) is 0.770. The van der Waals surface area contributed by atoms with Gasteiger partial charge in [-0.05, 0) is 35.9 Å². The minimum Gasteiger partial charge on any atom is -0.381 e. The number of rotatable bonds is 3. The molecule has 0 radical (unpaired) electrons. The van der Waals surface area contributed by atoms with Gasteiger partial charge in [-0.1, -0.05) is 18.2 Å². The summed E-state index contributed by atoms with van der Waals surface area (Å²) in [6, 6.07) is 16.5. The molecule has 0 fully saturated rings. The van der Waals surface area contributed by atoms with Crippen LogP contribution in [0.4, 0.5) is 5.69 Å². The Hall–Kier alpha value is -2.88. The molecular weight excluding hydrogens is 260 g/mol. The number of hydrogen-bond donors (Lipinski definition) is 2. The topological polar surface area (TPSA) is 53.6 Å². The van der Waals surface area contributed by atoms with Gasteiger partial charge in [0.15, 0.2) is 0 Å². The molecule has 0 saturated carbocycles. The smallest absolute Gasteiger partial charge is 0.0705 e. The first kappa shape index (κ1) is 11.9. The number of aromatic nitrogens is 3. The van der Waals surface area contributed by atoms with Crippen molar-refractivity contribution in [1.29, 1.82) is 0 Å². The van der Waals surface area contributed by atoms with Crippen LogP contribution >= 0.6 is 0 Å². The minimum atomic E-state index is 0.770. The fourth-order valence-corrected chi connectivity index (χ4v) is 2.56. The molecule has 0 unspecified atom stereocenters. The molecule has 2 aromatic carbocycles. The molecule has 0 aliphatic carbocycles. The Morgan fingerprint density at radius 1 is 1.05 bits per heavy atom. The maximum absolute atomic E-state index is 4.39. The van der Waals surface area contributed by atoms with E-state index in [1.807, 2.05) is 36.7 Å². The molecule has 0 spiro atoms. The number of nitrogens with zero attached hydrogens (tertiary/aromatic N) is 2. The van der Waals surface area contributed by atoms with Gasteiger partial charge in [0.1, 0.15) is 0 Å². The number of nitrogens with one attached hydrogen (secondary N) is 2. The van der Waals surface area contributed by atoms with Crippen LogP contribution in [0.5, 0.6) is 0 Å². The van der Waals surface area contributed by atoms with Crippen LogP contribution in [-0.2, 0) is 6.54 Å². The highest BCUT2D eigenvalue weighted by Gasteiger charge is 2.02. The van der Waals surface area contributed by atoms with E-state index in [1.165, 1.54) is 10.9 Å². The van der Waals surface area contributed by atoms with Crippen LogP contribution < -0.4 is 5.32 Å². The Kier molecular flexibility index (Phi) is 2.78. The van der Waals surface area contributed by atoms with Crippen LogP contribution in [0, 0.1) is 0 Å². The van der Waals surface area contributed by atoms with Crippen molar-refractivity contribution in [3.63, 3.8) is 0 Å². The first-order chi connectivity index (χ1) is 10.4. The quantitative estimate of drug-likeness (QED) is 0.598. The van der Waals surface area contributed by atoms with Gasteiger partial charge < -0.3 is 5.32 Å². The molecule has 21 heavy (non-hydrogen) atoms. The minimum absolute atomic E-state index is 0.770. The summed E-state index contributed by atoms with van der Waals surface area (Å²) in [7, 11) is 0. The van der Waals surface area contributed by atoms with Gasteiger partial charge in [-0.3, -0.25) is 10.1 Å². The number of fused-ring (bicyclic) bond motifs is 2.